The van der Waals surface area contributed by atoms with Crippen LogP contribution in [0.4, 0.5) is 8.78 Å². The lowest BCUT2D eigenvalue weighted by atomic mass is 10.1. The highest BCUT2D eigenvalue weighted by Gasteiger charge is 2.35. The third-order valence-electron chi connectivity index (χ3n) is 2.76. The number of rotatable bonds is 2. The van der Waals surface area contributed by atoms with E-state index in [9.17, 15) is 8.78 Å². The van der Waals surface area contributed by atoms with E-state index in [1.807, 2.05) is 45.6 Å². The van der Waals surface area contributed by atoms with E-state index >= 15 is 0 Å². The third kappa shape index (κ3) is 6.64. The Kier molecular flexibility index (Phi) is 9.85. The molecule has 1 fully saturated rings. The molecule has 1 aliphatic rings. The number of nitrogens with zero attached hydrogens (tertiary/aromatic N) is 1. The summed E-state index contributed by atoms with van der Waals surface area (Å²) in [4.78, 5) is 4.21. The van der Waals surface area contributed by atoms with Crippen molar-refractivity contribution >= 4 is 27.3 Å². The van der Waals surface area contributed by atoms with Gasteiger partial charge in [0.05, 0.1) is 6.54 Å². The molecule has 0 spiro atoms. The van der Waals surface area contributed by atoms with Crippen molar-refractivity contribution in [3.63, 3.8) is 0 Å². The van der Waals surface area contributed by atoms with Gasteiger partial charge in [0.25, 0.3) is 5.92 Å². The van der Waals surface area contributed by atoms with Gasteiger partial charge in [-0.15, -0.1) is 11.3 Å². The fourth-order valence-corrected chi connectivity index (χ4v) is 3.64. The molecule has 2 rings (SSSR count). The summed E-state index contributed by atoms with van der Waals surface area (Å²) in [6.07, 6.45) is 0.634. The van der Waals surface area contributed by atoms with E-state index in [0.29, 0.717) is 13.0 Å². The molecule has 0 N–H and O–H groups in total. The summed E-state index contributed by atoms with van der Waals surface area (Å²) in [6.45, 7) is 11.4. The van der Waals surface area contributed by atoms with Crippen molar-refractivity contribution < 1.29 is 8.78 Å². The average Bonchev–Trinajstić information content (AvgIpc) is 2.72. The van der Waals surface area contributed by atoms with Gasteiger partial charge in [0, 0.05) is 27.2 Å². The molecule has 5 heteroatoms. The van der Waals surface area contributed by atoms with Crippen LogP contribution in [0.2, 0.25) is 0 Å². The van der Waals surface area contributed by atoms with Crippen LogP contribution in [-0.4, -0.2) is 23.9 Å². The van der Waals surface area contributed by atoms with Gasteiger partial charge in [0.15, 0.2) is 0 Å². The minimum atomic E-state index is -2.50. The molecular weight excluding hydrogens is 344 g/mol. The highest BCUT2D eigenvalue weighted by molar-refractivity contribution is 9.10. The van der Waals surface area contributed by atoms with E-state index in [0.717, 1.165) is 15.9 Å². The Morgan fingerprint density at radius 2 is 1.90 bits per heavy atom. The van der Waals surface area contributed by atoms with Crippen molar-refractivity contribution in [2.45, 2.75) is 59.9 Å². The van der Waals surface area contributed by atoms with Crippen LogP contribution in [0.3, 0.4) is 0 Å². The van der Waals surface area contributed by atoms with E-state index in [1.54, 1.807) is 11.3 Å². The molecular formula is C15H26BrF2NS. The summed E-state index contributed by atoms with van der Waals surface area (Å²) in [5, 5.41) is 0. The minimum absolute atomic E-state index is 0.0384. The number of hydrogen-bond donors (Lipinski definition) is 0. The molecule has 118 valence electrons. The van der Waals surface area contributed by atoms with Crippen molar-refractivity contribution in [2.24, 2.45) is 0 Å². The van der Waals surface area contributed by atoms with Crippen LogP contribution in [-0.2, 0) is 6.54 Å². The molecule has 0 amide bonds. The predicted molar refractivity (Wildman–Crippen MR) is 88.9 cm³/mol. The molecule has 1 aliphatic heterocycles. The van der Waals surface area contributed by atoms with Crippen LogP contribution < -0.4 is 0 Å². The van der Waals surface area contributed by atoms with Crippen molar-refractivity contribution in [1.29, 1.82) is 0 Å². The maximum atomic E-state index is 13.2. The first kappa shape index (κ1) is 20.0. The molecule has 1 nitrogen and oxygen atoms in total. The average molecular weight is 370 g/mol. The molecule has 20 heavy (non-hydrogen) atoms. The standard InChI is InChI=1S/C11H14BrF2NS.2C2H6/c1-8-10(12)5-9(16-8)6-15-4-2-3-11(13,14)7-15;2*1-2/h5H,2-4,6-7H2,1H3;2*1-2H3. The zero-order valence-corrected chi connectivity index (χ0v) is 15.5. The first-order chi connectivity index (χ1) is 9.46. The van der Waals surface area contributed by atoms with Gasteiger partial charge >= 0.3 is 0 Å². The minimum Gasteiger partial charge on any atom is -0.292 e. The van der Waals surface area contributed by atoms with Gasteiger partial charge in [-0.1, -0.05) is 27.7 Å². The van der Waals surface area contributed by atoms with Gasteiger partial charge in [0.2, 0.25) is 0 Å². The third-order valence-corrected chi connectivity index (χ3v) is 4.88. The maximum Gasteiger partial charge on any atom is 0.260 e. The molecule has 0 aliphatic carbocycles. The smallest absolute Gasteiger partial charge is 0.260 e. The fraction of sp³-hybridized carbons (Fsp3) is 0.733. The van der Waals surface area contributed by atoms with Crippen LogP contribution >= 0.6 is 27.3 Å². The van der Waals surface area contributed by atoms with Crippen molar-refractivity contribution in [1.82, 2.24) is 4.90 Å². The van der Waals surface area contributed by atoms with Crippen LogP contribution in [0.15, 0.2) is 10.5 Å². The number of halogens is 3. The van der Waals surface area contributed by atoms with Crippen molar-refractivity contribution in [3.05, 3.63) is 20.3 Å². The Morgan fingerprint density at radius 1 is 1.30 bits per heavy atom. The number of alkyl halides is 2. The first-order valence-corrected chi connectivity index (χ1v) is 8.92. The molecule has 0 aromatic carbocycles. The fourth-order valence-electron chi connectivity index (χ4n) is 2.00. The van der Waals surface area contributed by atoms with E-state index in [2.05, 4.69) is 15.9 Å². The van der Waals surface area contributed by atoms with Gasteiger partial charge in [0.1, 0.15) is 0 Å². The van der Waals surface area contributed by atoms with Crippen molar-refractivity contribution in [3.8, 4) is 0 Å². The lowest BCUT2D eigenvalue weighted by molar-refractivity contribution is -0.0658. The number of hydrogen-bond acceptors (Lipinski definition) is 2. The summed E-state index contributed by atoms with van der Waals surface area (Å²) < 4.78 is 27.5. The Hall–Kier alpha value is -0.0000000000000000555. The Morgan fingerprint density at radius 3 is 2.35 bits per heavy atom. The van der Waals surface area contributed by atoms with E-state index < -0.39 is 5.92 Å². The molecule has 0 unspecified atom stereocenters. The van der Waals surface area contributed by atoms with Crippen LogP contribution in [0.5, 0.6) is 0 Å². The highest BCUT2D eigenvalue weighted by atomic mass is 79.9. The van der Waals surface area contributed by atoms with Crippen molar-refractivity contribution in [2.75, 3.05) is 13.1 Å². The van der Waals surface area contributed by atoms with Gasteiger partial charge < -0.3 is 0 Å². The largest absolute Gasteiger partial charge is 0.292 e. The lowest BCUT2D eigenvalue weighted by Gasteiger charge is -2.31. The predicted octanol–water partition coefficient (Wildman–Crippen LogP) is 6.10. The summed E-state index contributed by atoms with van der Waals surface area (Å²) in [5.74, 6) is -2.50. The highest BCUT2D eigenvalue weighted by Crippen LogP contribution is 2.31. The molecule has 2 heterocycles. The van der Waals surface area contributed by atoms with Gasteiger partial charge in [-0.3, -0.25) is 4.90 Å². The van der Waals surface area contributed by atoms with E-state index in [1.165, 1.54) is 4.88 Å². The molecule has 1 aromatic heterocycles. The second-order valence-electron chi connectivity index (χ2n) is 4.29. The number of aryl methyl sites for hydroxylation is 1. The quantitative estimate of drug-likeness (QED) is 0.608. The Balaban J connectivity index is 0.000000829. The molecule has 1 aromatic rings. The second-order valence-corrected chi connectivity index (χ2v) is 6.48. The zero-order valence-electron chi connectivity index (χ0n) is 13.1. The van der Waals surface area contributed by atoms with Gasteiger partial charge in [-0.05, 0) is 41.9 Å². The Bertz CT molecular complexity index is 360. The van der Waals surface area contributed by atoms with Crippen LogP contribution in [0, 0.1) is 6.92 Å². The molecule has 1 saturated heterocycles. The molecule has 0 atom stereocenters. The summed E-state index contributed by atoms with van der Waals surface area (Å²) in [7, 11) is 0. The summed E-state index contributed by atoms with van der Waals surface area (Å²) in [6, 6.07) is 2.03. The van der Waals surface area contributed by atoms with Gasteiger partial charge in [-0.25, -0.2) is 8.78 Å². The number of likely N-dealkylation sites (tertiary alicyclic amines) is 1. The maximum absolute atomic E-state index is 13.2. The molecule has 0 radical (unpaired) electrons. The second kappa shape index (κ2) is 9.85. The monoisotopic (exact) mass is 369 g/mol. The molecule has 0 bridgehead atoms. The Labute approximate surface area is 134 Å². The van der Waals surface area contributed by atoms with E-state index in [-0.39, 0.29) is 13.0 Å². The van der Waals surface area contributed by atoms with E-state index in [4.69, 9.17) is 0 Å². The first-order valence-electron chi connectivity index (χ1n) is 7.31. The zero-order chi connectivity index (χ0) is 15.8. The SMILES string of the molecule is CC.CC.Cc1sc(CN2CCCC(F)(F)C2)cc1Br. The summed E-state index contributed by atoms with van der Waals surface area (Å²) in [5.41, 5.74) is 0. The lowest BCUT2D eigenvalue weighted by Crippen LogP contribution is -2.41. The number of thiophene rings is 1. The van der Waals surface area contributed by atoms with Crippen LogP contribution in [0.1, 0.15) is 50.3 Å². The number of piperidine rings is 1. The summed E-state index contributed by atoms with van der Waals surface area (Å²) >= 11 is 5.12. The van der Waals surface area contributed by atoms with Crippen LogP contribution in [0.25, 0.3) is 0 Å². The topological polar surface area (TPSA) is 3.24 Å². The van der Waals surface area contributed by atoms with Gasteiger partial charge in [-0.2, -0.15) is 0 Å². The normalized spacial score (nSPS) is 17.6. The molecule has 0 saturated carbocycles.